The lowest BCUT2D eigenvalue weighted by molar-refractivity contribution is -0.119. The van der Waals surface area contributed by atoms with Gasteiger partial charge in [0.1, 0.15) is 15.3 Å². The van der Waals surface area contributed by atoms with Crippen LogP contribution in [0.15, 0.2) is 70.3 Å². The molecule has 0 saturated carbocycles. The van der Waals surface area contributed by atoms with E-state index in [2.05, 4.69) is 5.32 Å². The first kappa shape index (κ1) is 20.3. The molecule has 1 aliphatic heterocycles. The molecule has 9 heteroatoms. The number of thiophene rings is 1. The molecular weight excluding hydrogens is 450 g/mol. The quantitative estimate of drug-likeness (QED) is 0.455. The summed E-state index contributed by atoms with van der Waals surface area (Å²) in [6, 6.07) is 18.0. The molecule has 6 nitrogen and oxygen atoms in total. The second-order valence-corrected chi connectivity index (χ2v) is 11.3. The van der Waals surface area contributed by atoms with Crippen LogP contribution in [-0.4, -0.2) is 36.2 Å². The minimum Gasteiger partial charge on any atom is -0.324 e. The third-order valence-electron chi connectivity index (χ3n) is 5.27. The van der Waals surface area contributed by atoms with Crippen LogP contribution in [0.2, 0.25) is 0 Å². The Labute approximate surface area is 188 Å². The van der Waals surface area contributed by atoms with Crippen LogP contribution in [0.3, 0.4) is 0 Å². The number of hydrogen-bond acceptors (Lipinski definition) is 6. The number of para-hydroxylation sites is 2. The summed E-state index contributed by atoms with van der Waals surface area (Å²) in [5, 5.41) is 5.51. The van der Waals surface area contributed by atoms with Gasteiger partial charge in [0.2, 0.25) is 5.91 Å². The van der Waals surface area contributed by atoms with E-state index in [-0.39, 0.29) is 10.1 Å². The molecule has 1 saturated heterocycles. The van der Waals surface area contributed by atoms with Crippen molar-refractivity contribution in [3.05, 3.63) is 66.0 Å². The lowest BCUT2D eigenvalue weighted by atomic mass is 10.1. The highest BCUT2D eigenvalue weighted by Crippen LogP contribution is 2.35. The van der Waals surface area contributed by atoms with Crippen molar-refractivity contribution >= 4 is 54.5 Å². The number of sulfonamides is 1. The van der Waals surface area contributed by atoms with Crippen molar-refractivity contribution in [1.29, 1.82) is 0 Å². The predicted octanol–water partition coefficient (Wildman–Crippen LogP) is 4.82. The van der Waals surface area contributed by atoms with Crippen LogP contribution in [0.4, 0.5) is 5.69 Å². The molecule has 0 radical (unpaired) electrons. The molecule has 2 aromatic heterocycles. The lowest BCUT2D eigenvalue weighted by Gasteiger charge is -2.23. The number of nitrogens with one attached hydrogen (secondary N) is 1. The molecule has 1 fully saturated rings. The SMILES string of the molecule is O=C(Nc1ccccc1-c1nc2ccccc2s1)[C@H]1CCCN1S(=O)(=O)c1cccs1. The van der Waals surface area contributed by atoms with Crippen molar-refractivity contribution in [2.45, 2.75) is 23.1 Å². The Kier molecular flexibility index (Phi) is 5.35. The number of aromatic nitrogens is 1. The van der Waals surface area contributed by atoms with Crippen molar-refractivity contribution < 1.29 is 13.2 Å². The summed E-state index contributed by atoms with van der Waals surface area (Å²) in [5.41, 5.74) is 2.36. The number of carbonyl (C=O) groups is 1. The fourth-order valence-electron chi connectivity index (χ4n) is 3.80. The Bertz CT molecular complexity index is 1310. The Hall–Kier alpha value is -2.59. The van der Waals surface area contributed by atoms with Gasteiger partial charge in [0.25, 0.3) is 10.0 Å². The third kappa shape index (κ3) is 3.78. The van der Waals surface area contributed by atoms with Gasteiger partial charge < -0.3 is 5.32 Å². The standard InChI is InChI=1S/C22H19N3O3S3/c26-21(18-10-5-13-25(18)31(27,28)20-12-6-14-29-20)23-16-8-2-1-7-15(16)22-24-17-9-3-4-11-19(17)30-22/h1-4,6-9,11-12,14,18H,5,10,13H2,(H,23,26)/t18-/m1/s1. The highest BCUT2D eigenvalue weighted by atomic mass is 32.2. The van der Waals surface area contributed by atoms with Crippen molar-refractivity contribution in [1.82, 2.24) is 9.29 Å². The van der Waals surface area contributed by atoms with Crippen molar-refractivity contribution in [2.75, 3.05) is 11.9 Å². The van der Waals surface area contributed by atoms with Gasteiger partial charge in [0, 0.05) is 12.1 Å². The van der Waals surface area contributed by atoms with E-state index in [4.69, 9.17) is 4.98 Å². The van der Waals surface area contributed by atoms with E-state index in [0.29, 0.717) is 25.1 Å². The molecule has 0 spiro atoms. The molecular formula is C22H19N3O3S3. The first-order chi connectivity index (χ1) is 15.0. The molecule has 1 aliphatic rings. The zero-order chi connectivity index (χ0) is 21.4. The second-order valence-electron chi connectivity index (χ2n) is 7.23. The number of nitrogens with zero attached hydrogens (tertiary/aromatic N) is 2. The maximum absolute atomic E-state index is 13.2. The predicted molar refractivity (Wildman–Crippen MR) is 125 cm³/mol. The summed E-state index contributed by atoms with van der Waals surface area (Å²) in [5.74, 6) is -0.314. The van der Waals surface area contributed by atoms with Crippen molar-refractivity contribution in [3.8, 4) is 10.6 Å². The summed E-state index contributed by atoms with van der Waals surface area (Å²) in [7, 11) is -3.68. The van der Waals surface area contributed by atoms with E-state index in [9.17, 15) is 13.2 Å². The minimum atomic E-state index is -3.68. The second kappa shape index (κ2) is 8.16. The maximum atomic E-state index is 13.2. The molecule has 158 valence electrons. The number of carbonyl (C=O) groups excluding carboxylic acids is 1. The van der Waals surface area contributed by atoms with Crippen LogP contribution >= 0.6 is 22.7 Å². The summed E-state index contributed by atoms with van der Waals surface area (Å²) in [4.78, 5) is 17.9. The molecule has 5 rings (SSSR count). The molecule has 0 unspecified atom stereocenters. The monoisotopic (exact) mass is 469 g/mol. The Morgan fingerprint density at radius 2 is 1.87 bits per heavy atom. The van der Waals surface area contributed by atoms with Gasteiger partial charge in [-0.15, -0.1) is 22.7 Å². The number of fused-ring (bicyclic) bond motifs is 1. The highest BCUT2D eigenvalue weighted by Gasteiger charge is 2.40. The fourth-order valence-corrected chi connectivity index (χ4v) is 7.58. The lowest BCUT2D eigenvalue weighted by Crippen LogP contribution is -2.42. The number of amides is 1. The number of rotatable bonds is 5. The van der Waals surface area contributed by atoms with E-state index >= 15 is 0 Å². The van der Waals surface area contributed by atoms with Gasteiger partial charge in [0.05, 0.1) is 15.9 Å². The zero-order valence-corrected chi connectivity index (χ0v) is 18.8. The first-order valence-electron chi connectivity index (χ1n) is 9.85. The third-order valence-corrected chi connectivity index (χ3v) is 9.62. The normalized spacial score (nSPS) is 17.2. The molecule has 1 atom stereocenters. The Morgan fingerprint density at radius 3 is 2.68 bits per heavy atom. The van der Waals surface area contributed by atoms with Crippen molar-refractivity contribution in [3.63, 3.8) is 0 Å². The molecule has 1 N–H and O–H groups in total. The topological polar surface area (TPSA) is 79.4 Å². The Balaban J connectivity index is 1.43. The number of hydrogen-bond donors (Lipinski definition) is 1. The van der Waals surface area contributed by atoms with Gasteiger partial charge in [-0.2, -0.15) is 4.31 Å². The van der Waals surface area contributed by atoms with E-state index < -0.39 is 16.1 Å². The molecule has 1 amide bonds. The van der Waals surface area contributed by atoms with Crippen LogP contribution in [0.5, 0.6) is 0 Å². The maximum Gasteiger partial charge on any atom is 0.253 e. The average molecular weight is 470 g/mol. The van der Waals surface area contributed by atoms with Crippen LogP contribution in [0.1, 0.15) is 12.8 Å². The summed E-state index contributed by atoms with van der Waals surface area (Å²) in [6.45, 7) is 0.345. The summed E-state index contributed by atoms with van der Waals surface area (Å²) >= 11 is 2.73. The molecule has 3 heterocycles. The summed E-state index contributed by atoms with van der Waals surface area (Å²) in [6.07, 6.45) is 1.15. The zero-order valence-electron chi connectivity index (χ0n) is 16.4. The molecule has 4 aromatic rings. The van der Waals surface area contributed by atoms with E-state index in [1.807, 2.05) is 48.5 Å². The summed E-state index contributed by atoms with van der Waals surface area (Å²) < 4.78 is 28.7. The van der Waals surface area contributed by atoms with Crippen LogP contribution < -0.4 is 5.32 Å². The van der Waals surface area contributed by atoms with Crippen molar-refractivity contribution in [2.24, 2.45) is 0 Å². The van der Waals surface area contributed by atoms with Crippen LogP contribution in [0, 0.1) is 0 Å². The smallest absolute Gasteiger partial charge is 0.253 e. The largest absolute Gasteiger partial charge is 0.324 e. The number of benzene rings is 2. The molecule has 0 bridgehead atoms. The molecule has 0 aliphatic carbocycles. The fraction of sp³-hybridized carbons (Fsp3) is 0.182. The van der Waals surface area contributed by atoms with Crippen LogP contribution in [0.25, 0.3) is 20.8 Å². The highest BCUT2D eigenvalue weighted by molar-refractivity contribution is 7.91. The molecule has 31 heavy (non-hydrogen) atoms. The van der Waals surface area contributed by atoms with Gasteiger partial charge in [-0.3, -0.25) is 4.79 Å². The van der Waals surface area contributed by atoms with Gasteiger partial charge >= 0.3 is 0 Å². The number of thiazole rings is 1. The van der Waals surface area contributed by atoms with Gasteiger partial charge in [-0.1, -0.05) is 30.3 Å². The van der Waals surface area contributed by atoms with Crippen LogP contribution in [-0.2, 0) is 14.8 Å². The van der Waals surface area contributed by atoms with Gasteiger partial charge in [0.15, 0.2) is 0 Å². The average Bonchev–Trinajstić information content (AvgIpc) is 3.54. The minimum absolute atomic E-state index is 0.266. The molecule has 2 aromatic carbocycles. The van der Waals surface area contributed by atoms with E-state index in [0.717, 1.165) is 20.8 Å². The van der Waals surface area contributed by atoms with E-state index in [1.54, 1.807) is 28.8 Å². The van der Waals surface area contributed by atoms with E-state index in [1.165, 1.54) is 15.6 Å². The first-order valence-corrected chi connectivity index (χ1v) is 13.0. The Morgan fingerprint density at radius 1 is 1.06 bits per heavy atom. The van der Waals surface area contributed by atoms with Gasteiger partial charge in [-0.25, -0.2) is 13.4 Å². The van der Waals surface area contributed by atoms with Gasteiger partial charge in [-0.05, 0) is 48.6 Å². The number of anilines is 1.